The fourth-order valence-electron chi connectivity index (χ4n) is 7.91. The number of allylic oxidation sites excluding steroid dienone is 3. The van der Waals surface area contributed by atoms with Crippen molar-refractivity contribution in [1.29, 1.82) is 0 Å². The molecule has 2 aliphatic heterocycles. The van der Waals surface area contributed by atoms with E-state index in [1.807, 2.05) is 56.2 Å². The van der Waals surface area contributed by atoms with Gasteiger partial charge in [0.25, 0.3) is 0 Å². The van der Waals surface area contributed by atoms with Crippen molar-refractivity contribution in [3.8, 4) is 11.3 Å². The molecule has 1 aliphatic carbocycles. The van der Waals surface area contributed by atoms with Crippen LogP contribution in [0.1, 0.15) is 76.3 Å². The molecule has 2 saturated heterocycles. The number of carbonyl (C=O) groups excluding carboxylic acids is 2. The number of methoxy groups -OCH3 is 1. The van der Waals surface area contributed by atoms with Gasteiger partial charge in [-0.1, -0.05) is 69.3 Å². The van der Waals surface area contributed by atoms with Crippen molar-refractivity contribution in [2.75, 3.05) is 18.6 Å². The van der Waals surface area contributed by atoms with E-state index in [9.17, 15) is 14.0 Å². The van der Waals surface area contributed by atoms with Crippen LogP contribution in [0.25, 0.3) is 11.3 Å². The molecular weight excluding hydrogens is 633 g/mol. The van der Waals surface area contributed by atoms with Crippen molar-refractivity contribution in [3.05, 3.63) is 108 Å². The molecule has 1 unspecified atom stereocenters. The highest BCUT2D eigenvalue weighted by Crippen LogP contribution is 2.51. The molecule has 1 aromatic heterocycles. The summed E-state index contributed by atoms with van der Waals surface area (Å²) in [5.74, 6) is 0.281. The normalized spacial score (nSPS) is 24.4. The third-order valence-corrected chi connectivity index (χ3v) is 10.5. The fraction of sp³-hybridized carbons (Fsp3) is 0.410. The first-order valence-corrected chi connectivity index (χ1v) is 17.3. The lowest BCUT2D eigenvalue weighted by atomic mass is 9.71. The number of aromatic nitrogens is 2. The van der Waals surface area contributed by atoms with Crippen molar-refractivity contribution in [2.24, 2.45) is 22.3 Å². The summed E-state index contributed by atoms with van der Waals surface area (Å²) in [7, 11) is 1.29. The second-order valence-electron chi connectivity index (χ2n) is 14.6. The van der Waals surface area contributed by atoms with Gasteiger partial charge in [0.2, 0.25) is 5.91 Å². The number of rotatable bonds is 8. The predicted octanol–water partition coefficient (Wildman–Crippen LogP) is 6.62. The minimum absolute atomic E-state index is 0.00608. The van der Waals surface area contributed by atoms with Gasteiger partial charge in [-0.25, -0.2) is 14.2 Å². The van der Waals surface area contributed by atoms with Crippen LogP contribution in [0.4, 0.5) is 14.9 Å². The van der Waals surface area contributed by atoms with Gasteiger partial charge < -0.3 is 36.3 Å². The molecule has 50 heavy (non-hydrogen) atoms. The minimum Gasteiger partial charge on any atom is -0.453 e. The molecule has 3 aromatic rings. The number of likely N-dealkylation sites (tertiary alicyclic amines) is 1. The Kier molecular flexibility index (Phi) is 9.78. The Morgan fingerprint density at radius 3 is 2.46 bits per heavy atom. The molecule has 0 spiro atoms. The number of nitrogens with two attached hydrogens (primary N) is 2. The Bertz CT molecular complexity index is 1780. The number of amides is 2. The number of ether oxygens (including phenoxy) is 1. The molecule has 2 amide bonds. The van der Waals surface area contributed by atoms with Crippen LogP contribution >= 0.6 is 0 Å². The highest BCUT2D eigenvalue weighted by Gasteiger charge is 2.48. The van der Waals surface area contributed by atoms with Gasteiger partial charge in [0.1, 0.15) is 17.7 Å². The highest BCUT2D eigenvalue weighted by molar-refractivity contribution is 5.87. The zero-order valence-electron chi connectivity index (χ0n) is 29.2. The Labute approximate surface area is 293 Å². The van der Waals surface area contributed by atoms with E-state index in [2.05, 4.69) is 51.6 Å². The van der Waals surface area contributed by atoms with Crippen LogP contribution in [-0.4, -0.2) is 52.6 Å². The lowest BCUT2D eigenvalue weighted by molar-refractivity contribution is -0.137. The van der Waals surface area contributed by atoms with Gasteiger partial charge in [0.05, 0.1) is 36.5 Å². The number of H-pyrrole nitrogens is 1. The molecular formula is C39H48FN7O3. The summed E-state index contributed by atoms with van der Waals surface area (Å²) in [4.78, 5) is 38.3. The zero-order valence-corrected chi connectivity index (χ0v) is 29.2. The molecule has 6 N–H and O–H groups in total. The Balaban J connectivity index is 1.25. The number of hydrogen-bond acceptors (Lipinski definition) is 7. The Morgan fingerprint density at radius 2 is 1.82 bits per heavy atom. The lowest BCUT2D eigenvalue weighted by Crippen LogP contribution is -2.54. The second-order valence-corrected chi connectivity index (χ2v) is 14.6. The molecule has 0 bridgehead atoms. The maximum Gasteiger partial charge on any atom is 0.407 e. The van der Waals surface area contributed by atoms with Crippen molar-refractivity contribution in [2.45, 2.75) is 77.0 Å². The van der Waals surface area contributed by atoms with Crippen LogP contribution in [0.2, 0.25) is 0 Å². The molecule has 3 aliphatic rings. The van der Waals surface area contributed by atoms with E-state index < -0.39 is 23.0 Å². The zero-order chi connectivity index (χ0) is 35.6. The molecule has 264 valence electrons. The van der Waals surface area contributed by atoms with Gasteiger partial charge >= 0.3 is 6.09 Å². The van der Waals surface area contributed by atoms with Crippen LogP contribution in [0.15, 0.2) is 90.9 Å². The Morgan fingerprint density at radius 1 is 1.08 bits per heavy atom. The lowest BCUT2D eigenvalue weighted by Gasteiger charge is -2.45. The van der Waals surface area contributed by atoms with E-state index in [0.29, 0.717) is 18.1 Å². The average molecular weight is 682 g/mol. The van der Waals surface area contributed by atoms with E-state index in [0.717, 1.165) is 54.6 Å². The number of hydrogen-bond donors (Lipinski definition) is 4. The van der Waals surface area contributed by atoms with Gasteiger partial charge in [0, 0.05) is 30.2 Å². The van der Waals surface area contributed by atoms with Crippen molar-refractivity contribution >= 4 is 17.7 Å². The maximum atomic E-state index is 14.1. The Hall–Kier alpha value is -5.06. The van der Waals surface area contributed by atoms with Crippen LogP contribution in [0.3, 0.4) is 0 Å². The second kappa shape index (κ2) is 14.0. The third kappa shape index (κ3) is 6.60. The van der Waals surface area contributed by atoms with E-state index in [-0.39, 0.29) is 29.8 Å². The predicted molar refractivity (Wildman–Crippen MR) is 193 cm³/mol. The maximum absolute atomic E-state index is 14.1. The van der Waals surface area contributed by atoms with Crippen molar-refractivity contribution < 1.29 is 18.7 Å². The van der Waals surface area contributed by atoms with Gasteiger partial charge in [-0.15, -0.1) is 0 Å². The molecule has 0 radical (unpaired) electrons. The summed E-state index contributed by atoms with van der Waals surface area (Å²) < 4.78 is 18.9. The molecule has 10 nitrogen and oxygen atoms in total. The highest BCUT2D eigenvalue weighted by atomic mass is 19.1. The molecule has 2 fully saturated rings. The van der Waals surface area contributed by atoms with E-state index >= 15 is 0 Å². The SMILES string of the molecule is COC(=O)N[C@H](C(=O)N1CCC[C@H]1c1ncc(-c2ccc([C@@H]3CC[C@@H](C4(/C(N)=C/N)C=CC=CC4)N3c3ccc(F)cc3)cc2)[nH]1)C(C)(C)C. The topological polar surface area (TPSA) is 143 Å². The first-order valence-electron chi connectivity index (χ1n) is 17.3. The number of aromatic amines is 1. The monoisotopic (exact) mass is 681 g/mol. The van der Waals surface area contributed by atoms with Crippen LogP contribution in [0.5, 0.6) is 0 Å². The smallest absolute Gasteiger partial charge is 0.407 e. The average Bonchev–Trinajstić information content (AvgIpc) is 3.90. The number of imidazole rings is 1. The van der Waals surface area contributed by atoms with Gasteiger partial charge in [-0.2, -0.15) is 0 Å². The first-order chi connectivity index (χ1) is 24.0. The molecule has 6 rings (SSSR count). The minimum atomic E-state index is -0.745. The molecule has 3 heterocycles. The molecule has 2 aromatic carbocycles. The fourth-order valence-corrected chi connectivity index (χ4v) is 7.91. The summed E-state index contributed by atoms with van der Waals surface area (Å²) in [5, 5.41) is 2.74. The van der Waals surface area contributed by atoms with E-state index in [1.165, 1.54) is 25.4 Å². The van der Waals surface area contributed by atoms with Crippen molar-refractivity contribution in [1.82, 2.24) is 20.2 Å². The number of carbonyl (C=O) groups is 2. The summed E-state index contributed by atoms with van der Waals surface area (Å²) >= 11 is 0. The number of nitrogens with one attached hydrogen (secondary N) is 2. The standard InChI is InChI=1S/C39H48FN7O3/c1-38(2,3)34(45-37(49)50-4)36(48)46-22-8-9-31(46)35-43-24-29(44-35)25-10-12-26(13-11-25)30-18-19-33(47(30)28-16-14-27(40)15-17-28)39(32(42)23-41)20-6-5-7-21-39/h5-7,10-17,20,23-24,30-31,33-34H,8-9,18-19,21-22,41-42H2,1-4H3,(H,43,44)(H,45,49)/b32-23-/t30-,31-,33-,34+,39?/m0/s1. The number of nitrogens with zero attached hydrogens (tertiary/aromatic N) is 3. The number of halogens is 1. The molecule has 0 saturated carbocycles. The number of alkyl carbamates (subject to hydrolysis) is 1. The quantitative estimate of drug-likeness (QED) is 0.209. The third-order valence-electron chi connectivity index (χ3n) is 10.5. The van der Waals surface area contributed by atoms with Gasteiger partial charge in [-0.05, 0) is 72.9 Å². The summed E-state index contributed by atoms with van der Waals surface area (Å²) in [5.41, 5.74) is 16.2. The number of anilines is 1. The first kappa shape index (κ1) is 34.8. The van der Waals surface area contributed by atoms with Crippen molar-refractivity contribution in [3.63, 3.8) is 0 Å². The summed E-state index contributed by atoms with van der Waals surface area (Å²) in [6.45, 7) is 6.34. The summed E-state index contributed by atoms with van der Waals surface area (Å²) in [6, 6.07) is 14.2. The van der Waals surface area contributed by atoms with Gasteiger partial charge in [-0.3, -0.25) is 4.79 Å². The molecule has 11 heteroatoms. The van der Waals surface area contributed by atoms with Gasteiger partial charge in [0.15, 0.2) is 0 Å². The van der Waals surface area contributed by atoms with Crippen LogP contribution in [-0.2, 0) is 9.53 Å². The summed E-state index contributed by atoms with van der Waals surface area (Å²) in [6.07, 6.45) is 15.1. The largest absolute Gasteiger partial charge is 0.453 e. The number of benzene rings is 2. The molecule has 5 atom stereocenters. The van der Waals surface area contributed by atoms with E-state index in [1.54, 1.807) is 0 Å². The van der Waals surface area contributed by atoms with Crippen LogP contribution in [0, 0.1) is 16.6 Å². The van der Waals surface area contributed by atoms with Crippen LogP contribution < -0.4 is 21.7 Å². The van der Waals surface area contributed by atoms with E-state index in [4.69, 9.17) is 21.2 Å².